The molecule has 0 spiro atoms. The molecule has 15 heavy (non-hydrogen) atoms. The summed E-state index contributed by atoms with van der Waals surface area (Å²) in [5, 5.41) is 19.2. The molecule has 1 unspecified atom stereocenters. The minimum absolute atomic E-state index is 0.198. The molecule has 78 valence electrons. The van der Waals surface area contributed by atoms with Crippen molar-refractivity contribution >= 4 is 0 Å². The third-order valence-electron chi connectivity index (χ3n) is 3.17. The van der Waals surface area contributed by atoms with E-state index in [1.807, 2.05) is 13.0 Å². The zero-order valence-electron chi connectivity index (χ0n) is 8.95. The van der Waals surface area contributed by atoms with Gasteiger partial charge >= 0.3 is 0 Å². The molecule has 0 aromatic heterocycles. The van der Waals surface area contributed by atoms with Gasteiger partial charge in [-0.05, 0) is 37.3 Å². The molecule has 0 aliphatic heterocycles. The van der Waals surface area contributed by atoms with Crippen molar-refractivity contribution in [3.63, 3.8) is 0 Å². The molecule has 0 bridgehead atoms. The topological polar surface area (TPSA) is 44.0 Å². The standard InChI is InChI=1S/C13H15NO/c1-10-4-5-11-3-2-6-13(15,7-8-14)12(11)9-10/h4-5,9,15H,2-3,6-7H2,1H3. The van der Waals surface area contributed by atoms with E-state index in [1.165, 1.54) is 5.56 Å². The van der Waals surface area contributed by atoms with E-state index < -0.39 is 5.60 Å². The van der Waals surface area contributed by atoms with Crippen LogP contribution in [0, 0.1) is 18.3 Å². The molecule has 1 aromatic rings. The molecule has 2 heteroatoms. The van der Waals surface area contributed by atoms with Gasteiger partial charge in [0.2, 0.25) is 0 Å². The van der Waals surface area contributed by atoms with Gasteiger partial charge in [0.05, 0.1) is 12.5 Å². The highest BCUT2D eigenvalue weighted by molar-refractivity contribution is 5.38. The minimum Gasteiger partial charge on any atom is -0.384 e. The lowest BCUT2D eigenvalue weighted by atomic mass is 9.77. The second-order valence-electron chi connectivity index (χ2n) is 4.38. The van der Waals surface area contributed by atoms with Crippen LogP contribution in [-0.4, -0.2) is 5.11 Å². The second-order valence-corrected chi connectivity index (χ2v) is 4.38. The van der Waals surface area contributed by atoms with Crippen LogP contribution >= 0.6 is 0 Å². The predicted octanol–water partition coefficient (Wildman–Crippen LogP) is 2.43. The van der Waals surface area contributed by atoms with Gasteiger partial charge in [-0.3, -0.25) is 0 Å². The summed E-state index contributed by atoms with van der Waals surface area (Å²) in [6.45, 7) is 2.02. The summed E-state index contributed by atoms with van der Waals surface area (Å²) in [7, 11) is 0. The van der Waals surface area contributed by atoms with Gasteiger partial charge in [-0.25, -0.2) is 0 Å². The van der Waals surface area contributed by atoms with Crippen molar-refractivity contribution in [2.75, 3.05) is 0 Å². The van der Waals surface area contributed by atoms with Crippen molar-refractivity contribution in [1.29, 1.82) is 5.26 Å². The first-order chi connectivity index (χ1) is 7.15. The summed E-state index contributed by atoms with van der Waals surface area (Å²) >= 11 is 0. The van der Waals surface area contributed by atoms with Gasteiger partial charge < -0.3 is 5.11 Å². The van der Waals surface area contributed by atoms with E-state index in [0.717, 1.165) is 24.0 Å². The number of benzene rings is 1. The highest BCUT2D eigenvalue weighted by Crippen LogP contribution is 2.37. The zero-order valence-corrected chi connectivity index (χ0v) is 8.95. The van der Waals surface area contributed by atoms with Crippen LogP contribution < -0.4 is 0 Å². The fourth-order valence-electron chi connectivity index (χ4n) is 2.36. The van der Waals surface area contributed by atoms with Crippen LogP contribution in [0.1, 0.15) is 36.0 Å². The van der Waals surface area contributed by atoms with E-state index in [1.54, 1.807) is 0 Å². The molecule has 2 rings (SSSR count). The molecule has 0 heterocycles. The van der Waals surface area contributed by atoms with Crippen molar-refractivity contribution in [1.82, 2.24) is 0 Å². The van der Waals surface area contributed by atoms with E-state index in [-0.39, 0.29) is 6.42 Å². The van der Waals surface area contributed by atoms with Crippen LogP contribution in [0.25, 0.3) is 0 Å². The van der Waals surface area contributed by atoms with Crippen LogP contribution in [0.3, 0.4) is 0 Å². The average Bonchev–Trinajstić information content (AvgIpc) is 2.20. The lowest BCUT2D eigenvalue weighted by Crippen LogP contribution is -2.30. The molecule has 0 radical (unpaired) electrons. The summed E-state index contributed by atoms with van der Waals surface area (Å²) in [6, 6.07) is 8.25. The first-order valence-electron chi connectivity index (χ1n) is 5.35. The maximum atomic E-state index is 10.4. The predicted molar refractivity (Wildman–Crippen MR) is 58.2 cm³/mol. The first-order valence-corrected chi connectivity index (χ1v) is 5.35. The highest BCUT2D eigenvalue weighted by atomic mass is 16.3. The lowest BCUT2D eigenvalue weighted by molar-refractivity contribution is 0.0234. The fraction of sp³-hybridized carbons (Fsp3) is 0.462. The number of aryl methyl sites for hydroxylation is 2. The van der Waals surface area contributed by atoms with Gasteiger partial charge in [0.25, 0.3) is 0 Å². The summed E-state index contributed by atoms with van der Waals surface area (Å²) in [4.78, 5) is 0. The number of hydrogen-bond acceptors (Lipinski definition) is 2. The summed E-state index contributed by atoms with van der Waals surface area (Å²) in [5.41, 5.74) is 2.40. The number of fused-ring (bicyclic) bond motifs is 1. The Hall–Kier alpha value is -1.33. The van der Waals surface area contributed by atoms with E-state index in [2.05, 4.69) is 18.2 Å². The monoisotopic (exact) mass is 201 g/mol. The lowest BCUT2D eigenvalue weighted by Gasteiger charge is -2.33. The Morgan fingerprint density at radius 1 is 1.53 bits per heavy atom. The van der Waals surface area contributed by atoms with Crippen molar-refractivity contribution in [2.24, 2.45) is 0 Å². The van der Waals surface area contributed by atoms with Crippen LogP contribution in [0.2, 0.25) is 0 Å². The van der Waals surface area contributed by atoms with Crippen molar-refractivity contribution in [3.05, 3.63) is 34.9 Å². The van der Waals surface area contributed by atoms with E-state index in [4.69, 9.17) is 5.26 Å². The van der Waals surface area contributed by atoms with Gasteiger partial charge in [-0.15, -0.1) is 0 Å². The molecule has 0 saturated heterocycles. The minimum atomic E-state index is -0.908. The number of nitriles is 1. The van der Waals surface area contributed by atoms with Crippen molar-refractivity contribution in [2.45, 2.75) is 38.2 Å². The summed E-state index contributed by atoms with van der Waals surface area (Å²) < 4.78 is 0. The molecule has 0 saturated carbocycles. The second kappa shape index (κ2) is 3.67. The third kappa shape index (κ3) is 1.75. The molecular weight excluding hydrogens is 186 g/mol. The van der Waals surface area contributed by atoms with E-state index in [9.17, 15) is 5.11 Å². The van der Waals surface area contributed by atoms with Gasteiger partial charge in [-0.1, -0.05) is 23.8 Å². The molecule has 1 atom stereocenters. The number of aliphatic hydroxyl groups is 1. The Morgan fingerprint density at radius 2 is 2.33 bits per heavy atom. The Bertz CT molecular complexity index is 419. The van der Waals surface area contributed by atoms with Crippen LogP contribution in [0.4, 0.5) is 0 Å². The molecule has 0 amide bonds. The smallest absolute Gasteiger partial charge is 0.103 e. The molecule has 0 fully saturated rings. The molecular formula is C13H15NO. The quantitative estimate of drug-likeness (QED) is 0.758. The van der Waals surface area contributed by atoms with Gasteiger partial charge in [0.15, 0.2) is 0 Å². The Balaban J connectivity index is 2.50. The molecule has 1 N–H and O–H groups in total. The van der Waals surface area contributed by atoms with E-state index in [0.29, 0.717) is 6.42 Å². The number of hydrogen-bond donors (Lipinski definition) is 1. The maximum Gasteiger partial charge on any atom is 0.103 e. The van der Waals surface area contributed by atoms with Gasteiger partial charge in [-0.2, -0.15) is 5.26 Å². The van der Waals surface area contributed by atoms with Gasteiger partial charge in [0, 0.05) is 0 Å². The number of rotatable bonds is 1. The SMILES string of the molecule is Cc1ccc2c(c1)C(O)(CC#N)CCC2. The summed E-state index contributed by atoms with van der Waals surface area (Å²) in [5.74, 6) is 0. The van der Waals surface area contributed by atoms with Crippen LogP contribution in [0.5, 0.6) is 0 Å². The van der Waals surface area contributed by atoms with Gasteiger partial charge in [0.1, 0.15) is 5.60 Å². The maximum absolute atomic E-state index is 10.4. The normalized spacial score (nSPS) is 24.3. The molecule has 1 aromatic carbocycles. The largest absolute Gasteiger partial charge is 0.384 e. The van der Waals surface area contributed by atoms with Crippen molar-refractivity contribution < 1.29 is 5.11 Å². The molecule has 1 aliphatic carbocycles. The van der Waals surface area contributed by atoms with Crippen molar-refractivity contribution in [3.8, 4) is 6.07 Å². The first kappa shape index (κ1) is 10.2. The Kier molecular flexibility index (Phi) is 2.50. The molecule has 1 aliphatic rings. The Morgan fingerprint density at radius 3 is 3.07 bits per heavy atom. The van der Waals surface area contributed by atoms with Crippen LogP contribution in [-0.2, 0) is 12.0 Å². The highest BCUT2D eigenvalue weighted by Gasteiger charge is 2.33. The fourth-order valence-corrected chi connectivity index (χ4v) is 2.36. The molecule has 2 nitrogen and oxygen atoms in total. The third-order valence-corrected chi connectivity index (χ3v) is 3.17. The summed E-state index contributed by atoms with van der Waals surface area (Å²) in [6.07, 6.45) is 2.89. The average molecular weight is 201 g/mol. The number of nitrogens with zero attached hydrogens (tertiary/aromatic N) is 1. The Labute approximate surface area is 90.2 Å². The van der Waals surface area contributed by atoms with E-state index >= 15 is 0 Å². The zero-order chi connectivity index (χ0) is 10.9. The van der Waals surface area contributed by atoms with Crippen LogP contribution in [0.15, 0.2) is 18.2 Å².